The minimum Gasteiger partial charge on any atom is -0.497 e. The number of benzene rings is 2. The Morgan fingerprint density at radius 3 is 2.71 bits per heavy atom. The van der Waals surface area contributed by atoms with Gasteiger partial charge in [-0.05, 0) is 79.1 Å². The molecular formula is C24H29BrFNO. The number of likely N-dealkylation sites (tertiary alicyclic amines) is 1. The summed E-state index contributed by atoms with van der Waals surface area (Å²) in [5.74, 6) is 1.59. The quantitative estimate of drug-likeness (QED) is 0.603. The van der Waals surface area contributed by atoms with Crippen molar-refractivity contribution in [3.8, 4) is 5.75 Å². The normalized spacial score (nSPS) is 28.6. The molecule has 0 amide bonds. The standard InChI is InChI=1S/C24H28FNO.BrH/c1-27-20-10-7-18-14-23-21-4-2-3-11-24(21,22(18)15-20)12-13-26(23)16-17-5-8-19(25)9-6-17;/h5-10,15,21,23H,2-4,11-14,16H2,1H3;1H/t21-,23+,24+;/m0./s1. The number of methoxy groups -OCH3 is 1. The van der Waals surface area contributed by atoms with E-state index in [1.165, 1.54) is 43.2 Å². The Kier molecular flexibility index (Phi) is 5.54. The van der Waals surface area contributed by atoms with Gasteiger partial charge in [-0.3, -0.25) is 4.90 Å². The van der Waals surface area contributed by atoms with Crippen LogP contribution in [-0.4, -0.2) is 24.6 Å². The minimum absolute atomic E-state index is 0. The van der Waals surface area contributed by atoms with Gasteiger partial charge in [-0.1, -0.05) is 31.0 Å². The van der Waals surface area contributed by atoms with Crippen molar-refractivity contribution < 1.29 is 9.13 Å². The number of piperidine rings is 1. The molecule has 2 bridgehead atoms. The van der Waals surface area contributed by atoms with Gasteiger partial charge in [-0.15, -0.1) is 17.0 Å². The fourth-order valence-electron chi connectivity index (χ4n) is 6.21. The van der Waals surface area contributed by atoms with E-state index in [9.17, 15) is 4.39 Å². The van der Waals surface area contributed by atoms with Crippen LogP contribution in [0.3, 0.4) is 0 Å². The molecule has 2 aliphatic carbocycles. The molecule has 3 aliphatic rings. The third-order valence-electron chi connectivity index (χ3n) is 7.46. The highest BCUT2D eigenvalue weighted by Gasteiger charge is 2.53. The van der Waals surface area contributed by atoms with Crippen molar-refractivity contribution in [2.45, 2.75) is 56.5 Å². The number of hydrogen-bond donors (Lipinski definition) is 0. The van der Waals surface area contributed by atoms with Crippen LogP contribution in [0.15, 0.2) is 42.5 Å². The molecule has 1 saturated carbocycles. The molecular weight excluding hydrogens is 417 g/mol. The number of rotatable bonds is 3. The molecule has 0 radical (unpaired) electrons. The molecule has 2 aromatic rings. The van der Waals surface area contributed by atoms with Crippen molar-refractivity contribution in [2.75, 3.05) is 13.7 Å². The average Bonchev–Trinajstić information content (AvgIpc) is 2.71. The van der Waals surface area contributed by atoms with Crippen LogP contribution in [0.25, 0.3) is 0 Å². The van der Waals surface area contributed by atoms with E-state index in [2.05, 4.69) is 23.1 Å². The lowest BCUT2D eigenvalue weighted by molar-refractivity contribution is -0.0157. The summed E-state index contributed by atoms with van der Waals surface area (Å²) < 4.78 is 18.9. The Morgan fingerprint density at radius 2 is 1.93 bits per heavy atom. The van der Waals surface area contributed by atoms with Gasteiger partial charge in [0.1, 0.15) is 11.6 Å². The average molecular weight is 446 g/mol. The Hall–Kier alpha value is -1.39. The maximum absolute atomic E-state index is 13.3. The second-order valence-electron chi connectivity index (χ2n) is 8.65. The minimum atomic E-state index is -0.149. The van der Waals surface area contributed by atoms with Gasteiger partial charge in [0.05, 0.1) is 7.11 Å². The summed E-state index contributed by atoms with van der Waals surface area (Å²) in [7, 11) is 1.77. The Morgan fingerprint density at radius 1 is 1.11 bits per heavy atom. The second kappa shape index (κ2) is 7.79. The molecule has 5 rings (SSSR count). The molecule has 0 unspecified atom stereocenters. The molecule has 1 aliphatic heterocycles. The zero-order valence-electron chi connectivity index (χ0n) is 16.5. The summed E-state index contributed by atoms with van der Waals surface area (Å²) in [6.45, 7) is 2.07. The van der Waals surface area contributed by atoms with Crippen molar-refractivity contribution in [2.24, 2.45) is 5.92 Å². The van der Waals surface area contributed by atoms with Crippen molar-refractivity contribution >= 4 is 17.0 Å². The number of hydrogen-bond acceptors (Lipinski definition) is 2. The van der Waals surface area contributed by atoms with E-state index in [-0.39, 0.29) is 22.8 Å². The maximum atomic E-state index is 13.3. The van der Waals surface area contributed by atoms with E-state index < -0.39 is 0 Å². The van der Waals surface area contributed by atoms with E-state index in [0.29, 0.717) is 11.5 Å². The lowest BCUT2D eigenvalue weighted by Gasteiger charge is -2.59. The molecule has 0 aromatic heterocycles. The first-order valence-corrected chi connectivity index (χ1v) is 10.4. The topological polar surface area (TPSA) is 12.5 Å². The van der Waals surface area contributed by atoms with Crippen LogP contribution in [-0.2, 0) is 18.4 Å². The number of ether oxygens (including phenoxy) is 1. The predicted molar refractivity (Wildman–Crippen MR) is 116 cm³/mol. The highest BCUT2D eigenvalue weighted by atomic mass is 79.9. The maximum Gasteiger partial charge on any atom is 0.123 e. The fourth-order valence-corrected chi connectivity index (χ4v) is 6.21. The van der Waals surface area contributed by atoms with Gasteiger partial charge in [0.2, 0.25) is 0 Å². The monoisotopic (exact) mass is 445 g/mol. The summed E-state index contributed by atoms with van der Waals surface area (Å²) >= 11 is 0. The molecule has 2 aromatic carbocycles. The Balaban J connectivity index is 0.00000192. The molecule has 0 spiro atoms. The summed E-state index contributed by atoms with van der Waals surface area (Å²) in [6, 6.07) is 14.4. The largest absolute Gasteiger partial charge is 0.497 e. The Bertz CT molecular complexity index is 839. The molecule has 1 saturated heterocycles. The van der Waals surface area contributed by atoms with Crippen LogP contribution < -0.4 is 4.74 Å². The van der Waals surface area contributed by atoms with Crippen molar-refractivity contribution in [3.63, 3.8) is 0 Å². The number of nitrogens with zero attached hydrogens (tertiary/aromatic N) is 1. The second-order valence-corrected chi connectivity index (χ2v) is 8.65. The van der Waals surface area contributed by atoms with Crippen molar-refractivity contribution in [3.05, 3.63) is 65.0 Å². The number of fused-ring (bicyclic) bond motifs is 1. The highest BCUT2D eigenvalue weighted by molar-refractivity contribution is 8.93. The van der Waals surface area contributed by atoms with Gasteiger partial charge in [0.25, 0.3) is 0 Å². The Labute approximate surface area is 177 Å². The molecule has 4 heteroatoms. The van der Waals surface area contributed by atoms with Crippen LogP contribution in [0.1, 0.15) is 48.8 Å². The molecule has 1 heterocycles. The highest BCUT2D eigenvalue weighted by Crippen LogP contribution is 2.56. The van der Waals surface area contributed by atoms with Gasteiger partial charge < -0.3 is 4.74 Å². The van der Waals surface area contributed by atoms with Gasteiger partial charge in [-0.2, -0.15) is 0 Å². The molecule has 3 atom stereocenters. The van der Waals surface area contributed by atoms with Crippen molar-refractivity contribution in [1.29, 1.82) is 0 Å². The van der Waals surface area contributed by atoms with E-state index in [4.69, 9.17) is 4.74 Å². The van der Waals surface area contributed by atoms with E-state index in [0.717, 1.165) is 31.2 Å². The molecule has 2 fully saturated rings. The third kappa shape index (κ3) is 3.19. The van der Waals surface area contributed by atoms with Gasteiger partial charge in [0, 0.05) is 18.0 Å². The van der Waals surface area contributed by atoms with Crippen LogP contribution >= 0.6 is 17.0 Å². The first kappa shape index (κ1) is 19.9. The van der Waals surface area contributed by atoms with E-state index >= 15 is 0 Å². The van der Waals surface area contributed by atoms with E-state index in [1.807, 2.05) is 12.1 Å². The summed E-state index contributed by atoms with van der Waals surface area (Å²) in [4.78, 5) is 2.68. The van der Waals surface area contributed by atoms with Crippen LogP contribution in [0.5, 0.6) is 5.75 Å². The van der Waals surface area contributed by atoms with Crippen molar-refractivity contribution in [1.82, 2.24) is 4.90 Å². The van der Waals surface area contributed by atoms with E-state index in [1.54, 1.807) is 24.8 Å². The van der Waals surface area contributed by atoms with Crippen LogP contribution in [0.4, 0.5) is 4.39 Å². The fraction of sp³-hybridized carbons (Fsp3) is 0.500. The summed E-state index contributed by atoms with van der Waals surface area (Å²) in [5, 5.41) is 0. The summed E-state index contributed by atoms with van der Waals surface area (Å²) in [5.41, 5.74) is 4.65. The SMILES string of the molecule is Br.COc1ccc2c(c1)[C@@]13CCCC[C@H]1[C@@H](C2)N(Cc1ccc(F)cc1)CC3. The zero-order valence-corrected chi connectivity index (χ0v) is 18.2. The zero-order chi connectivity index (χ0) is 18.4. The predicted octanol–water partition coefficient (Wildman–Crippen LogP) is 5.67. The third-order valence-corrected chi connectivity index (χ3v) is 7.46. The summed E-state index contributed by atoms with van der Waals surface area (Å²) in [6.07, 6.45) is 7.72. The van der Waals surface area contributed by atoms with Gasteiger partial charge in [0.15, 0.2) is 0 Å². The van der Waals surface area contributed by atoms with Crippen LogP contribution in [0.2, 0.25) is 0 Å². The van der Waals surface area contributed by atoms with Gasteiger partial charge >= 0.3 is 0 Å². The smallest absolute Gasteiger partial charge is 0.123 e. The molecule has 0 N–H and O–H groups in total. The lowest BCUT2D eigenvalue weighted by Crippen LogP contribution is -2.60. The number of halogens is 2. The lowest BCUT2D eigenvalue weighted by atomic mass is 9.52. The molecule has 28 heavy (non-hydrogen) atoms. The molecule has 2 nitrogen and oxygen atoms in total. The molecule has 150 valence electrons. The first-order chi connectivity index (χ1) is 13.2. The first-order valence-electron chi connectivity index (χ1n) is 10.4. The van der Waals surface area contributed by atoms with Crippen LogP contribution in [0, 0.1) is 11.7 Å². The van der Waals surface area contributed by atoms with Gasteiger partial charge in [-0.25, -0.2) is 4.39 Å².